The Hall–Kier alpha value is -3.05. The van der Waals surface area contributed by atoms with E-state index in [0.29, 0.717) is 37.6 Å². The smallest absolute Gasteiger partial charge is 0.416 e. The number of aromatic nitrogens is 1. The number of rotatable bonds is 8. The van der Waals surface area contributed by atoms with Crippen LogP contribution in [0, 0.1) is 0 Å². The van der Waals surface area contributed by atoms with E-state index in [0.717, 1.165) is 23.4 Å². The summed E-state index contributed by atoms with van der Waals surface area (Å²) in [6.45, 7) is 9.13. The summed E-state index contributed by atoms with van der Waals surface area (Å²) in [5.41, 5.74) is 0.119. The second-order valence-electron chi connectivity index (χ2n) is 10.4. The monoisotopic (exact) mass is 537 g/mol. The van der Waals surface area contributed by atoms with Gasteiger partial charge in [0.1, 0.15) is 23.3 Å². The molecular formula is C27H34F3N3O5. The molecule has 8 nitrogen and oxygen atoms in total. The third-order valence-electron chi connectivity index (χ3n) is 6.25. The molecule has 0 spiro atoms. The lowest BCUT2D eigenvalue weighted by Crippen LogP contribution is -2.39. The number of nitrogens with zero attached hydrogens (tertiary/aromatic N) is 2. The molecule has 2 aliphatic heterocycles. The Morgan fingerprint density at radius 2 is 1.84 bits per heavy atom. The zero-order valence-electron chi connectivity index (χ0n) is 22.0. The largest absolute Gasteiger partial charge is 0.485 e. The molecule has 2 fully saturated rings. The van der Waals surface area contributed by atoms with Crippen LogP contribution < -0.4 is 10.1 Å². The van der Waals surface area contributed by atoms with Gasteiger partial charge in [-0.1, -0.05) is 19.1 Å². The predicted octanol–water partition coefficient (Wildman–Crippen LogP) is 5.06. The average molecular weight is 538 g/mol. The van der Waals surface area contributed by atoms with Crippen molar-refractivity contribution in [1.29, 1.82) is 0 Å². The fourth-order valence-electron chi connectivity index (χ4n) is 4.24. The average Bonchev–Trinajstić information content (AvgIpc) is 3.21. The molecule has 0 unspecified atom stereocenters. The summed E-state index contributed by atoms with van der Waals surface area (Å²) in [5, 5.41) is 3.43. The maximum atomic E-state index is 12.9. The standard InChI is InChI=1S/C27H34F3N3O5/c1-5-20-22(37-19-15-35-16-19)10-11-31-24(20)32-21-12-33(25(34)38-26(2,3)4)13-23(21)36-14-17-6-8-18(9-7-17)27(28,29)30/h6-11,19,21,23H,5,12-16H2,1-4H3,(H,31,32)/t21-,23-/m1/s1. The van der Waals surface area contributed by atoms with Gasteiger partial charge in [0, 0.05) is 18.3 Å². The molecule has 38 heavy (non-hydrogen) atoms. The van der Waals surface area contributed by atoms with Crippen LogP contribution in [0.1, 0.15) is 44.4 Å². The number of halogens is 3. The van der Waals surface area contributed by atoms with Crippen LogP contribution >= 0.6 is 0 Å². The number of ether oxygens (including phenoxy) is 4. The fourth-order valence-corrected chi connectivity index (χ4v) is 4.24. The van der Waals surface area contributed by atoms with Gasteiger partial charge in [-0.3, -0.25) is 0 Å². The summed E-state index contributed by atoms with van der Waals surface area (Å²) >= 11 is 0. The van der Waals surface area contributed by atoms with Crippen LogP contribution in [0.2, 0.25) is 0 Å². The van der Waals surface area contributed by atoms with Gasteiger partial charge in [0.2, 0.25) is 0 Å². The highest BCUT2D eigenvalue weighted by molar-refractivity contribution is 5.69. The van der Waals surface area contributed by atoms with Gasteiger partial charge in [0.15, 0.2) is 0 Å². The molecule has 3 heterocycles. The second-order valence-corrected chi connectivity index (χ2v) is 10.4. The Bertz CT molecular complexity index is 1100. The van der Waals surface area contributed by atoms with Crippen molar-refractivity contribution in [2.45, 2.75) is 70.7 Å². The Morgan fingerprint density at radius 1 is 1.13 bits per heavy atom. The molecule has 208 valence electrons. The van der Waals surface area contributed by atoms with E-state index in [1.165, 1.54) is 12.1 Å². The predicted molar refractivity (Wildman–Crippen MR) is 134 cm³/mol. The van der Waals surface area contributed by atoms with Crippen LogP contribution in [-0.2, 0) is 33.4 Å². The fraction of sp³-hybridized carbons (Fsp3) is 0.556. The van der Waals surface area contributed by atoms with Gasteiger partial charge in [0.05, 0.1) is 44.1 Å². The molecule has 1 amide bonds. The van der Waals surface area contributed by atoms with Gasteiger partial charge in [-0.2, -0.15) is 13.2 Å². The molecule has 2 saturated heterocycles. The molecule has 0 bridgehead atoms. The first-order chi connectivity index (χ1) is 17.9. The van der Waals surface area contributed by atoms with E-state index in [1.54, 1.807) is 31.9 Å². The Labute approximate surface area is 220 Å². The third kappa shape index (κ3) is 7.08. The molecule has 2 atom stereocenters. The lowest BCUT2D eigenvalue weighted by atomic mass is 10.1. The molecule has 1 aromatic carbocycles. The minimum atomic E-state index is -4.40. The summed E-state index contributed by atoms with van der Waals surface area (Å²) in [6, 6.07) is 6.35. The number of carbonyl (C=O) groups excluding carboxylic acids is 1. The van der Waals surface area contributed by atoms with Gasteiger partial charge in [0.25, 0.3) is 0 Å². The van der Waals surface area contributed by atoms with Crippen LogP contribution in [0.15, 0.2) is 36.5 Å². The van der Waals surface area contributed by atoms with Gasteiger partial charge in [-0.25, -0.2) is 9.78 Å². The van der Waals surface area contributed by atoms with E-state index in [-0.39, 0.29) is 25.3 Å². The Balaban J connectivity index is 1.50. The molecule has 1 aromatic heterocycles. The molecule has 0 saturated carbocycles. The number of carbonyl (C=O) groups is 1. The lowest BCUT2D eigenvalue weighted by Gasteiger charge is -2.28. The highest BCUT2D eigenvalue weighted by atomic mass is 19.4. The van der Waals surface area contributed by atoms with Crippen molar-refractivity contribution in [1.82, 2.24) is 9.88 Å². The van der Waals surface area contributed by atoms with Crippen LogP contribution in [0.5, 0.6) is 5.75 Å². The van der Waals surface area contributed by atoms with Crippen molar-refractivity contribution in [3.05, 3.63) is 53.2 Å². The van der Waals surface area contributed by atoms with Gasteiger partial charge in [-0.05, 0) is 51.0 Å². The minimum absolute atomic E-state index is 0.00417. The number of likely N-dealkylation sites (tertiary alicyclic amines) is 1. The SMILES string of the molecule is CCc1c(OC2COC2)ccnc1N[C@@H]1CN(C(=O)OC(C)(C)C)C[C@H]1OCc1ccc(C(F)(F)F)cc1. The van der Waals surface area contributed by atoms with E-state index < -0.39 is 29.5 Å². The topological polar surface area (TPSA) is 82.2 Å². The molecule has 2 aliphatic rings. The molecule has 4 rings (SSSR count). The second kappa shape index (κ2) is 11.4. The summed E-state index contributed by atoms with van der Waals surface area (Å²) in [6.07, 6.45) is -2.99. The maximum Gasteiger partial charge on any atom is 0.416 e. The van der Waals surface area contributed by atoms with E-state index in [2.05, 4.69) is 10.3 Å². The molecule has 11 heteroatoms. The first-order valence-electron chi connectivity index (χ1n) is 12.7. The van der Waals surface area contributed by atoms with Crippen molar-refractivity contribution >= 4 is 11.9 Å². The van der Waals surface area contributed by atoms with Crippen molar-refractivity contribution in [3.63, 3.8) is 0 Å². The van der Waals surface area contributed by atoms with E-state index >= 15 is 0 Å². The van der Waals surface area contributed by atoms with Crippen molar-refractivity contribution in [3.8, 4) is 5.75 Å². The number of alkyl halides is 3. The summed E-state index contributed by atoms with van der Waals surface area (Å²) in [5.74, 6) is 1.35. The molecule has 1 N–H and O–H groups in total. The van der Waals surface area contributed by atoms with E-state index in [9.17, 15) is 18.0 Å². The van der Waals surface area contributed by atoms with Crippen molar-refractivity contribution in [2.24, 2.45) is 0 Å². The lowest BCUT2D eigenvalue weighted by molar-refractivity contribution is -0.137. The van der Waals surface area contributed by atoms with E-state index in [1.807, 2.05) is 13.0 Å². The van der Waals surface area contributed by atoms with Crippen molar-refractivity contribution < 1.29 is 36.9 Å². The Morgan fingerprint density at radius 3 is 2.42 bits per heavy atom. The third-order valence-corrected chi connectivity index (χ3v) is 6.25. The number of anilines is 1. The van der Waals surface area contributed by atoms with Crippen molar-refractivity contribution in [2.75, 3.05) is 31.6 Å². The Kier molecular flexibility index (Phi) is 8.37. The van der Waals surface area contributed by atoms with Gasteiger partial charge in [-0.15, -0.1) is 0 Å². The first kappa shape index (κ1) is 28.0. The first-order valence-corrected chi connectivity index (χ1v) is 12.7. The molecule has 2 aromatic rings. The summed E-state index contributed by atoms with van der Waals surface area (Å²) in [4.78, 5) is 18.9. The number of pyridine rings is 1. The van der Waals surface area contributed by atoms with Gasteiger partial charge >= 0.3 is 12.3 Å². The summed E-state index contributed by atoms with van der Waals surface area (Å²) in [7, 11) is 0. The molecule has 0 radical (unpaired) electrons. The highest BCUT2D eigenvalue weighted by Crippen LogP contribution is 2.31. The number of nitrogens with one attached hydrogen (secondary N) is 1. The molecule has 0 aliphatic carbocycles. The molecular weight excluding hydrogens is 503 g/mol. The number of hydrogen-bond donors (Lipinski definition) is 1. The van der Waals surface area contributed by atoms with Crippen LogP contribution in [-0.4, -0.2) is 66.1 Å². The van der Waals surface area contributed by atoms with Crippen LogP contribution in [0.25, 0.3) is 0 Å². The van der Waals surface area contributed by atoms with Crippen LogP contribution in [0.3, 0.4) is 0 Å². The quantitative estimate of drug-likeness (QED) is 0.504. The number of amides is 1. The zero-order valence-corrected chi connectivity index (χ0v) is 22.0. The van der Waals surface area contributed by atoms with Gasteiger partial charge < -0.3 is 29.2 Å². The minimum Gasteiger partial charge on any atom is -0.485 e. The number of benzene rings is 1. The normalized spacial score (nSPS) is 20.2. The zero-order chi connectivity index (χ0) is 27.5. The summed E-state index contributed by atoms with van der Waals surface area (Å²) < 4.78 is 61.7. The van der Waals surface area contributed by atoms with E-state index in [4.69, 9.17) is 18.9 Å². The highest BCUT2D eigenvalue weighted by Gasteiger charge is 2.39. The maximum absolute atomic E-state index is 12.9. The number of hydrogen-bond acceptors (Lipinski definition) is 7. The van der Waals surface area contributed by atoms with Crippen LogP contribution in [0.4, 0.5) is 23.8 Å².